The molecule has 0 saturated heterocycles. The first-order valence-electron chi connectivity index (χ1n) is 8.48. The fraction of sp³-hybridized carbons (Fsp3) is 0.0435. The first kappa shape index (κ1) is 19.6. The Balaban J connectivity index is 1.69. The second kappa shape index (κ2) is 9.20. The van der Waals surface area contributed by atoms with E-state index in [1.54, 1.807) is 18.2 Å². The number of carboxylic acid groups (broad SMARTS) is 1. The van der Waals surface area contributed by atoms with Crippen LogP contribution in [0.4, 0.5) is 0 Å². The number of nitrogens with zero attached hydrogens (tertiary/aromatic N) is 1. The summed E-state index contributed by atoms with van der Waals surface area (Å²) in [5.41, 5.74) is 3.29. The average Bonchev–Trinajstić information content (AvgIpc) is 2.72. The number of benzene rings is 3. The molecule has 28 heavy (non-hydrogen) atoms. The Hall–Kier alpha value is -3.11. The van der Waals surface area contributed by atoms with Gasteiger partial charge in [-0.25, -0.2) is 4.79 Å². The Morgan fingerprint density at radius 3 is 2.14 bits per heavy atom. The molecular weight excluding hydrogens is 465 g/mol. The minimum Gasteiger partial charge on any atom is -0.489 e. The van der Waals surface area contributed by atoms with Crippen LogP contribution < -0.4 is 4.74 Å². The van der Waals surface area contributed by atoms with Gasteiger partial charge in [-0.3, -0.25) is 0 Å². The molecule has 0 amide bonds. The van der Waals surface area contributed by atoms with Crippen LogP contribution in [0.15, 0.2) is 72.8 Å². The van der Waals surface area contributed by atoms with Gasteiger partial charge < -0.3 is 9.84 Å². The summed E-state index contributed by atoms with van der Waals surface area (Å²) in [4.78, 5) is 10.9. The SMILES string of the molecule is N#C/C(=C/c1ccc(OCc2ccc(I)cc2)cc1)c1ccc(C(=O)O)cc1. The van der Waals surface area contributed by atoms with Crippen LogP contribution in [0, 0.1) is 14.9 Å². The lowest BCUT2D eigenvalue weighted by Crippen LogP contribution is -1.96. The predicted molar refractivity (Wildman–Crippen MR) is 117 cm³/mol. The zero-order valence-corrected chi connectivity index (χ0v) is 17.0. The second-order valence-corrected chi connectivity index (χ2v) is 7.28. The highest BCUT2D eigenvalue weighted by atomic mass is 127. The van der Waals surface area contributed by atoms with Crippen LogP contribution in [-0.2, 0) is 6.61 Å². The maximum atomic E-state index is 10.9. The van der Waals surface area contributed by atoms with Gasteiger partial charge in [0.15, 0.2) is 0 Å². The van der Waals surface area contributed by atoms with E-state index in [9.17, 15) is 10.1 Å². The van der Waals surface area contributed by atoms with Crippen molar-refractivity contribution in [2.24, 2.45) is 0 Å². The predicted octanol–water partition coefficient (Wildman–Crippen LogP) is 5.63. The molecule has 0 saturated carbocycles. The molecule has 0 atom stereocenters. The smallest absolute Gasteiger partial charge is 0.335 e. The molecule has 3 aromatic rings. The summed E-state index contributed by atoms with van der Waals surface area (Å²) in [5.74, 6) is -0.241. The highest BCUT2D eigenvalue weighted by molar-refractivity contribution is 14.1. The molecule has 0 unspecified atom stereocenters. The number of hydrogen-bond donors (Lipinski definition) is 1. The fourth-order valence-corrected chi connectivity index (χ4v) is 2.91. The van der Waals surface area contributed by atoms with E-state index in [1.165, 1.54) is 15.7 Å². The maximum absolute atomic E-state index is 10.9. The Morgan fingerprint density at radius 1 is 0.964 bits per heavy atom. The molecule has 0 heterocycles. The summed E-state index contributed by atoms with van der Waals surface area (Å²) in [6.07, 6.45) is 1.76. The topological polar surface area (TPSA) is 70.3 Å². The van der Waals surface area contributed by atoms with Gasteiger partial charge in [-0.2, -0.15) is 5.26 Å². The van der Waals surface area contributed by atoms with Crippen LogP contribution >= 0.6 is 22.6 Å². The van der Waals surface area contributed by atoms with Crippen molar-refractivity contribution < 1.29 is 14.6 Å². The number of hydrogen-bond acceptors (Lipinski definition) is 3. The number of carbonyl (C=O) groups is 1. The molecule has 0 fully saturated rings. The molecule has 0 aromatic heterocycles. The number of aromatic carboxylic acids is 1. The van der Waals surface area contributed by atoms with Crippen molar-refractivity contribution in [1.82, 2.24) is 0 Å². The lowest BCUT2D eigenvalue weighted by molar-refractivity contribution is 0.0697. The number of ether oxygens (including phenoxy) is 1. The molecule has 0 radical (unpaired) electrons. The van der Waals surface area contributed by atoms with Crippen LogP contribution in [0.25, 0.3) is 11.6 Å². The molecular formula is C23H16INO3. The second-order valence-electron chi connectivity index (χ2n) is 6.04. The van der Waals surface area contributed by atoms with Crippen LogP contribution in [0.5, 0.6) is 5.75 Å². The molecule has 5 heteroatoms. The standard InChI is InChI=1S/C23H16INO3/c24-21-9-1-17(2-10-21)15-28-22-11-3-16(4-12-22)13-20(14-25)18-5-7-19(8-6-18)23(26)27/h1-13H,15H2,(H,26,27)/b20-13-. The lowest BCUT2D eigenvalue weighted by atomic mass is 10.0. The summed E-state index contributed by atoms with van der Waals surface area (Å²) in [5, 5.41) is 18.4. The highest BCUT2D eigenvalue weighted by Crippen LogP contribution is 2.21. The van der Waals surface area contributed by atoms with Crippen molar-refractivity contribution in [3.8, 4) is 11.8 Å². The van der Waals surface area contributed by atoms with E-state index in [0.29, 0.717) is 17.7 Å². The van der Waals surface area contributed by atoms with E-state index >= 15 is 0 Å². The van der Waals surface area contributed by atoms with Crippen molar-refractivity contribution >= 4 is 40.2 Å². The van der Waals surface area contributed by atoms with Gasteiger partial charge in [-0.1, -0.05) is 36.4 Å². The van der Waals surface area contributed by atoms with E-state index in [0.717, 1.165) is 16.9 Å². The molecule has 0 aliphatic heterocycles. The third-order valence-electron chi connectivity index (χ3n) is 4.07. The monoisotopic (exact) mass is 481 g/mol. The number of carboxylic acids is 1. The van der Waals surface area contributed by atoms with Crippen LogP contribution in [-0.4, -0.2) is 11.1 Å². The van der Waals surface area contributed by atoms with E-state index in [1.807, 2.05) is 48.5 Å². The summed E-state index contributed by atoms with van der Waals surface area (Å²) in [6.45, 7) is 0.492. The van der Waals surface area contributed by atoms with Gasteiger partial charge in [-0.15, -0.1) is 0 Å². The van der Waals surface area contributed by atoms with Crippen molar-refractivity contribution in [1.29, 1.82) is 5.26 Å². The van der Waals surface area contributed by atoms with Crippen molar-refractivity contribution in [2.45, 2.75) is 6.61 Å². The first-order chi connectivity index (χ1) is 13.5. The van der Waals surface area contributed by atoms with Crippen LogP contribution in [0.3, 0.4) is 0 Å². The van der Waals surface area contributed by atoms with Gasteiger partial charge >= 0.3 is 5.97 Å². The molecule has 4 nitrogen and oxygen atoms in total. The zero-order valence-electron chi connectivity index (χ0n) is 14.8. The Kier molecular flexibility index (Phi) is 6.45. The summed E-state index contributed by atoms with van der Waals surface area (Å²) < 4.78 is 6.98. The molecule has 1 N–H and O–H groups in total. The van der Waals surface area contributed by atoms with Gasteiger partial charge in [0.25, 0.3) is 0 Å². The van der Waals surface area contributed by atoms with Gasteiger partial charge in [0.2, 0.25) is 0 Å². The van der Waals surface area contributed by atoms with Crippen molar-refractivity contribution in [3.05, 3.63) is 98.6 Å². The Bertz CT molecular complexity index is 1030. The Morgan fingerprint density at radius 2 is 1.57 bits per heavy atom. The van der Waals surface area contributed by atoms with Gasteiger partial charge in [0.05, 0.1) is 17.2 Å². The summed E-state index contributed by atoms with van der Waals surface area (Å²) >= 11 is 2.27. The number of nitriles is 1. The average molecular weight is 481 g/mol. The molecule has 138 valence electrons. The quantitative estimate of drug-likeness (QED) is 0.282. The van der Waals surface area contributed by atoms with E-state index in [-0.39, 0.29) is 5.56 Å². The Labute approximate surface area is 176 Å². The largest absolute Gasteiger partial charge is 0.489 e. The van der Waals surface area contributed by atoms with E-state index in [4.69, 9.17) is 9.84 Å². The third-order valence-corrected chi connectivity index (χ3v) is 4.79. The van der Waals surface area contributed by atoms with E-state index < -0.39 is 5.97 Å². The number of halogens is 1. The van der Waals surface area contributed by atoms with Crippen molar-refractivity contribution in [3.63, 3.8) is 0 Å². The normalized spacial score (nSPS) is 10.9. The van der Waals surface area contributed by atoms with E-state index in [2.05, 4.69) is 28.7 Å². The van der Waals surface area contributed by atoms with Crippen LogP contribution in [0.1, 0.15) is 27.0 Å². The minimum atomic E-state index is -0.991. The van der Waals surface area contributed by atoms with Gasteiger partial charge in [0, 0.05) is 3.57 Å². The highest BCUT2D eigenvalue weighted by Gasteiger charge is 2.05. The third kappa shape index (κ3) is 5.21. The number of rotatable bonds is 6. The van der Waals surface area contributed by atoms with Gasteiger partial charge in [0.1, 0.15) is 12.4 Å². The summed E-state index contributed by atoms with van der Waals surface area (Å²) in [7, 11) is 0. The molecule has 0 bridgehead atoms. The van der Waals surface area contributed by atoms with Crippen molar-refractivity contribution in [2.75, 3.05) is 0 Å². The number of allylic oxidation sites excluding steroid dienone is 1. The molecule has 0 spiro atoms. The first-order valence-corrected chi connectivity index (χ1v) is 9.56. The fourth-order valence-electron chi connectivity index (χ4n) is 2.55. The molecule has 0 aliphatic rings. The molecule has 0 aliphatic carbocycles. The van der Waals surface area contributed by atoms with Crippen LogP contribution in [0.2, 0.25) is 0 Å². The lowest BCUT2D eigenvalue weighted by Gasteiger charge is -2.07. The van der Waals surface area contributed by atoms with Gasteiger partial charge in [-0.05, 0) is 81.8 Å². The maximum Gasteiger partial charge on any atom is 0.335 e. The molecule has 3 rings (SSSR count). The molecule has 3 aromatic carbocycles. The minimum absolute atomic E-state index is 0.190. The summed E-state index contributed by atoms with van der Waals surface area (Å²) in [6, 6.07) is 24.1. The zero-order chi connectivity index (χ0) is 19.9.